The molecule has 35 heavy (non-hydrogen) atoms. The fourth-order valence-corrected chi connectivity index (χ4v) is 4.75. The van der Waals surface area contributed by atoms with Crippen molar-refractivity contribution in [2.75, 3.05) is 66.2 Å². The van der Waals surface area contributed by atoms with E-state index in [0.717, 1.165) is 63.2 Å². The van der Waals surface area contributed by atoms with E-state index in [1.54, 1.807) is 6.07 Å². The number of nitrogens with two attached hydrogens (primary N) is 1. The van der Waals surface area contributed by atoms with Gasteiger partial charge in [0.1, 0.15) is 6.04 Å². The van der Waals surface area contributed by atoms with Crippen LogP contribution in [0.3, 0.4) is 0 Å². The number of ether oxygens (including phenoxy) is 2. The van der Waals surface area contributed by atoms with Crippen molar-refractivity contribution in [3.8, 4) is 0 Å². The van der Waals surface area contributed by atoms with E-state index in [2.05, 4.69) is 14.5 Å². The molecule has 1 saturated heterocycles. The number of esters is 1. The van der Waals surface area contributed by atoms with Gasteiger partial charge in [0, 0.05) is 64.4 Å². The summed E-state index contributed by atoms with van der Waals surface area (Å²) in [6, 6.07) is 4.79. The summed E-state index contributed by atoms with van der Waals surface area (Å²) in [4.78, 5) is 42.7. The number of fused-ring (bicyclic) bond motifs is 1. The number of hydrogen-bond donors (Lipinski definition) is 2. The molecule has 0 bridgehead atoms. The number of hydrogen-bond acceptors (Lipinski definition) is 8. The van der Waals surface area contributed by atoms with Crippen LogP contribution >= 0.6 is 0 Å². The van der Waals surface area contributed by atoms with Gasteiger partial charge >= 0.3 is 5.97 Å². The van der Waals surface area contributed by atoms with E-state index >= 15 is 0 Å². The smallest absolute Gasteiger partial charge is 0.305 e. The number of primary amides is 1. The largest absolute Gasteiger partial charge is 0.469 e. The third-order valence-corrected chi connectivity index (χ3v) is 6.81. The predicted octanol–water partition coefficient (Wildman–Crippen LogP) is 0.00860. The minimum Gasteiger partial charge on any atom is -0.469 e. The summed E-state index contributed by atoms with van der Waals surface area (Å²) in [5.41, 5.74) is 8.14. The maximum Gasteiger partial charge on any atom is 0.305 e. The van der Waals surface area contributed by atoms with E-state index < -0.39 is 17.9 Å². The number of aliphatic hydroxyl groups excluding tert-OH is 1. The first-order valence-electron chi connectivity index (χ1n) is 12.4. The number of piperazine rings is 1. The lowest BCUT2D eigenvalue weighted by Crippen LogP contribution is -2.47. The van der Waals surface area contributed by atoms with Crippen molar-refractivity contribution in [2.24, 2.45) is 5.73 Å². The summed E-state index contributed by atoms with van der Waals surface area (Å²) in [5.74, 6) is -1.30. The van der Waals surface area contributed by atoms with Crippen LogP contribution in [-0.4, -0.2) is 110 Å². The molecule has 3 N–H and O–H groups in total. The normalized spacial score (nSPS) is 17.4. The summed E-state index contributed by atoms with van der Waals surface area (Å²) >= 11 is 0. The van der Waals surface area contributed by atoms with Gasteiger partial charge in [-0.15, -0.1) is 0 Å². The molecular formula is C25H38N4O6. The second kappa shape index (κ2) is 13.5. The Morgan fingerprint density at radius 2 is 1.83 bits per heavy atom. The highest BCUT2D eigenvalue weighted by atomic mass is 16.5. The van der Waals surface area contributed by atoms with Crippen molar-refractivity contribution in [3.63, 3.8) is 0 Å². The van der Waals surface area contributed by atoms with Crippen LogP contribution in [0.2, 0.25) is 0 Å². The van der Waals surface area contributed by atoms with Crippen LogP contribution in [0.25, 0.3) is 0 Å². The minimum atomic E-state index is -0.851. The van der Waals surface area contributed by atoms with E-state index in [0.29, 0.717) is 25.3 Å². The molecule has 0 radical (unpaired) electrons. The number of aryl methyl sites for hydroxylation is 1. The first kappa shape index (κ1) is 27.1. The zero-order valence-electron chi connectivity index (χ0n) is 20.6. The van der Waals surface area contributed by atoms with Crippen LogP contribution in [0, 0.1) is 0 Å². The highest BCUT2D eigenvalue weighted by Crippen LogP contribution is 2.29. The number of aliphatic hydroxyl groups is 1. The molecular weight excluding hydrogens is 452 g/mol. The van der Waals surface area contributed by atoms with Crippen LogP contribution in [0.1, 0.15) is 40.7 Å². The van der Waals surface area contributed by atoms with Crippen molar-refractivity contribution in [2.45, 2.75) is 38.3 Å². The van der Waals surface area contributed by atoms with E-state index in [-0.39, 0.29) is 25.4 Å². The zero-order valence-corrected chi connectivity index (χ0v) is 20.6. The average Bonchev–Trinajstić information content (AvgIpc) is 3.19. The van der Waals surface area contributed by atoms with Gasteiger partial charge in [0.25, 0.3) is 5.91 Å². The first-order chi connectivity index (χ1) is 16.9. The maximum absolute atomic E-state index is 13.0. The summed E-state index contributed by atoms with van der Waals surface area (Å²) in [6.07, 6.45) is 1.76. The molecule has 1 fully saturated rings. The number of nitrogens with zero attached hydrogens (tertiary/aromatic N) is 3. The quantitative estimate of drug-likeness (QED) is 0.276. The zero-order chi connectivity index (χ0) is 25.2. The topological polar surface area (TPSA) is 126 Å². The van der Waals surface area contributed by atoms with Gasteiger partial charge in [0.15, 0.2) is 0 Å². The Labute approximate surface area is 206 Å². The molecule has 2 amide bonds. The molecule has 1 unspecified atom stereocenters. The highest BCUT2D eigenvalue weighted by molar-refractivity contribution is 6.01. The summed E-state index contributed by atoms with van der Waals surface area (Å²) in [7, 11) is 1.29. The van der Waals surface area contributed by atoms with Gasteiger partial charge in [-0.1, -0.05) is 12.1 Å². The Balaban J connectivity index is 1.44. The Morgan fingerprint density at radius 3 is 2.49 bits per heavy atom. The molecule has 1 aromatic carbocycles. The standard InChI is InChI=1S/C25H38N4O6/c1-34-23(31)8-7-22(24(26)32)29-18-21-19(4-2-6-20(21)25(29)33)5-3-16-35-17-14-28-11-9-27(10-12-28)13-15-30/h2,4,6,22,30H,3,5,7-18H2,1H3,(H2,26,32). The summed E-state index contributed by atoms with van der Waals surface area (Å²) < 4.78 is 10.5. The van der Waals surface area contributed by atoms with E-state index in [1.807, 2.05) is 12.1 Å². The van der Waals surface area contributed by atoms with Crippen LogP contribution in [0.5, 0.6) is 0 Å². The second-order valence-electron chi connectivity index (χ2n) is 9.03. The first-order valence-corrected chi connectivity index (χ1v) is 12.4. The number of benzene rings is 1. The lowest BCUT2D eigenvalue weighted by molar-refractivity contribution is -0.141. The fraction of sp³-hybridized carbons (Fsp3) is 0.640. The minimum absolute atomic E-state index is 0.0206. The molecule has 194 valence electrons. The van der Waals surface area contributed by atoms with Crippen molar-refractivity contribution >= 4 is 17.8 Å². The lowest BCUT2D eigenvalue weighted by Gasteiger charge is -2.34. The maximum atomic E-state index is 13.0. The monoisotopic (exact) mass is 490 g/mol. The predicted molar refractivity (Wildman–Crippen MR) is 130 cm³/mol. The number of β-amino-alcohol motifs (C(OH)–C–C–N with tert-alkyl or cyclic N) is 1. The molecule has 1 aromatic rings. The number of methoxy groups -OCH3 is 1. The van der Waals surface area contributed by atoms with Gasteiger partial charge in [0.05, 0.1) is 20.3 Å². The molecule has 3 rings (SSSR count). The third kappa shape index (κ3) is 7.47. The highest BCUT2D eigenvalue weighted by Gasteiger charge is 2.36. The lowest BCUT2D eigenvalue weighted by atomic mass is 10.00. The number of amides is 2. The molecule has 0 aliphatic carbocycles. The summed E-state index contributed by atoms with van der Waals surface area (Å²) in [6.45, 7) is 7.43. The van der Waals surface area contributed by atoms with Gasteiger partial charge in [-0.05, 0) is 36.5 Å². The molecule has 2 heterocycles. The van der Waals surface area contributed by atoms with Crippen molar-refractivity contribution in [1.82, 2.24) is 14.7 Å². The van der Waals surface area contributed by atoms with Gasteiger partial charge in [0.2, 0.25) is 5.91 Å². The Kier molecular flexibility index (Phi) is 10.5. The van der Waals surface area contributed by atoms with E-state index in [4.69, 9.17) is 15.6 Å². The van der Waals surface area contributed by atoms with Gasteiger partial charge in [-0.2, -0.15) is 0 Å². The second-order valence-corrected chi connectivity index (χ2v) is 9.03. The van der Waals surface area contributed by atoms with E-state index in [1.165, 1.54) is 12.0 Å². The molecule has 0 saturated carbocycles. The average molecular weight is 491 g/mol. The Hall–Kier alpha value is -2.53. The van der Waals surface area contributed by atoms with Gasteiger partial charge < -0.3 is 25.2 Å². The molecule has 0 spiro atoms. The fourth-order valence-electron chi connectivity index (χ4n) is 4.75. The summed E-state index contributed by atoms with van der Waals surface area (Å²) in [5, 5.41) is 9.03. The van der Waals surface area contributed by atoms with Crippen LogP contribution < -0.4 is 5.73 Å². The van der Waals surface area contributed by atoms with Crippen LogP contribution in [0.4, 0.5) is 0 Å². The van der Waals surface area contributed by atoms with Crippen molar-refractivity contribution < 1.29 is 29.0 Å². The number of carbonyl (C=O) groups is 3. The molecule has 10 heteroatoms. The molecule has 2 aliphatic rings. The van der Waals surface area contributed by atoms with Crippen LogP contribution in [0.15, 0.2) is 18.2 Å². The number of rotatable bonds is 14. The van der Waals surface area contributed by atoms with Crippen LogP contribution in [-0.2, 0) is 32.0 Å². The van der Waals surface area contributed by atoms with Gasteiger partial charge in [-0.3, -0.25) is 24.2 Å². The molecule has 10 nitrogen and oxygen atoms in total. The molecule has 1 atom stereocenters. The SMILES string of the molecule is COC(=O)CCC(C(N)=O)N1Cc2c(CCCOCCN3CCN(CCO)CC3)cccc2C1=O. The Morgan fingerprint density at radius 1 is 1.11 bits per heavy atom. The van der Waals surface area contributed by atoms with Crippen molar-refractivity contribution in [3.05, 3.63) is 34.9 Å². The van der Waals surface area contributed by atoms with E-state index in [9.17, 15) is 14.4 Å². The van der Waals surface area contributed by atoms with Gasteiger partial charge in [-0.25, -0.2) is 0 Å². The number of carbonyl (C=O) groups excluding carboxylic acids is 3. The molecule has 0 aromatic heterocycles. The third-order valence-electron chi connectivity index (χ3n) is 6.81. The Bertz CT molecular complexity index is 872. The molecule has 2 aliphatic heterocycles. The van der Waals surface area contributed by atoms with Crippen molar-refractivity contribution in [1.29, 1.82) is 0 Å².